The maximum Gasteiger partial charge on any atom is 0.251 e. The molecule has 0 N–H and O–H groups in total. The normalized spacial score (nSPS) is 18.1. The number of hydrogen-bond acceptors (Lipinski definition) is 5. The molecule has 1 aromatic heterocycles. The van der Waals surface area contributed by atoms with Gasteiger partial charge >= 0.3 is 0 Å². The van der Waals surface area contributed by atoms with Crippen LogP contribution in [0.15, 0.2) is 65.8 Å². The predicted molar refractivity (Wildman–Crippen MR) is 110 cm³/mol. The molecule has 8 heteroatoms. The summed E-state index contributed by atoms with van der Waals surface area (Å²) in [5.41, 5.74) is 1.61. The molecule has 4 rings (SSSR count). The number of carbonyl (C=O) groups is 1. The highest BCUT2D eigenvalue weighted by Gasteiger charge is 2.48. The van der Waals surface area contributed by atoms with Gasteiger partial charge in [-0.15, -0.1) is 0 Å². The number of benzene rings is 2. The number of hydrogen-bond donors (Lipinski definition) is 0. The molecule has 1 unspecified atom stereocenters. The lowest BCUT2D eigenvalue weighted by atomic mass is 10.1. The molecule has 0 fully saturated rings. The van der Waals surface area contributed by atoms with Crippen LogP contribution in [0.3, 0.4) is 0 Å². The van der Waals surface area contributed by atoms with Gasteiger partial charge in [-0.1, -0.05) is 72.4 Å². The summed E-state index contributed by atoms with van der Waals surface area (Å²) in [6.45, 7) is 0.123. The minimum Gasteiger partial charge on any atom is -0.318 e. The van der Waals surface area contributed by atoms with Crippen molar-refractivity contribution in [2.45, 2.75) is 17.0 Å². The van der Waals surface area contributed by atoms with Crippen LogP contribution in [-0.4, -0.2) is 30.0 Å². The average Bonchev–Trinajstić information content (AvgIpc) is 3.03. The third-order valence-corrected chi connectivity index (χ3v) is 7.53. The lowest BCUT2D eigenvalue weighted by molar-refractivity contribution is 0.0976. The Morgan fingerprint density at radius 1 is 1.04 bits per heavy atom. The Kier molecular flexibility index (Phi) is 4.76. The molecule has 0 amide bonds. The highest BCUT2D eigenvalue weighted by Crippen LogP contribution is 2.42. The molecule has 0 saturated heterocycles. The van der Waals surface area contributed by atoms with Crippen molar-refractivity contribution in [3.8, 4) is 0 Å². The van der Waals surface area contributed by atoms with Crippen molar-refractivity contribution in [1.82, 2.24) is 9.55 Å². The van der Waals surface area contributed by atoms with Crippen LogP contribution in [0.25, 0.3) is 0 Å². The summed E-state index contributed by atoms with van der Waals surface area (Å²) >= 11 is 1.37. The summed E-state index contributed by atoms with van der Waals surface area (Å²) in [6, 6.07) is 18.0. The molecule has 0 radical (unpaired) electrons. The monoisotopic (exact) mass is 413 g/mol. The Labute approximate surface area is 168 Å². The molecule has 6 nitrogen and oxygen atoms in total. The fourth-order valence-electron chi connectivity index (χ4n) is 3.47. The van der Waals surface area contributed by atoms with Crippen molar-refractivity contribution in [1.29, 1.82) is 0 Å². The van der Waals surface area contributed by atoms with Crippen molar-refractivity contribution in [2.75, 3.05) is 10.6 Å². The van der Waals surface area contributed by atoms with Crippen molar-refractivity contribution >= 4 is 33.4 Å². The second kappa shape index (κ2) is 7.10. The third-order valence-electron chi connectivity index (χ3n) is 4.80. The first-order valence-electron chi connectivity index (χ1n) is 8.70. The molecule has 144 valence electrons. The molecule has 0 aliphatic carbocycles. The number of fused-ring (bicyclic) bond motifs is 1. The van der Waals surface area contributed by atoms with Gasteiger partial charge in [-0.2, -0.15) is 0 Å². The predicted octanol–water partition coefficient (Wildman–Crippen LogP) is 3.42. The first kappa shape index (κ1) is 18.8. The van der Waals surface area contributed by atoms with Crippen molar-refractivity contribution < 1.29 is 13.2 Å². The first-order chi connectivity index (χ1) is 13.4. The van der Waals surface area contributed by atoms with Gasteiger partial charge in [-0.05, 0) is 17.4 Å². The first-order valence-corrected chi connectivity index (χ1v) is 11.4. The Balaban J connectivity index is 1.93. The van der Waals surface area contributed by atoms with Crippen molar-refractivity contribution in [3.63, 3.8) is 0 Å². The van der Waals surface area contributed by atoms with Crippen LogP contribution in [0, 0.1) is 0 Å². The van der Waals surface area contributed by atoms with Gasteiger partial charge in [-0.25, -0.2) is 17.7 Å². The van der Waals surface area contributed by atoms with Gasteiger partial charge in [0.2, 0.25) is 5.78 Å². The summed E-state index contributed by atoms with van der Waals surface area (Å²) < 4.78 is 30.1. The van der Waals surface area contributed by atoms with E-state index in [1.54, 1.807) is 41.9 Å². The van der Waals surface area contributed by atoms with E-state index >= 15 is 0 Å². The summed E-state index contributed by atoms with van der Waals surface area (Å²) in [7, 11) is -2.24. The zero-order valence-electron chi connectivity index (χ0n) is 15.4. The summed E-state index contributed by atoms with van der Waals surface area (Å²) in [6.07, 6.45) is 1.85. The molecule has 2 aromatic carbocycles. The van der Waals surface area contributed by atoms with Crippen LogP contribution in [0.1, 0.15) is 26.9 Å². The van der Waals surface area contributed by atoms with Gasteiger partial charge in [0.05, 0.1) is 6.54 Å². The number of Topliss-reactive ketones (excluding diaryl/α,β-unsaturated/α-hetero) is 1. The highest BCUT2D eigenvalue weighted by atomic mass is 32.2. The van der Waals surface area contributed by atoms with Gasteiger partial charge in [0.25, 0.3) is 10.0 Å². The second-order valence-corrected chi connectivity index (χ2v) is 9.24. The van der Waals surface area contributed by atoms with Gasteiger partial charge in [-0.3, -0.25) is 4.79 Å². The summed E-state index contributed by atoms with van der Waals surface area (Å²) in [5.74, 6) is -0.242. The number of anilines is 1. The van der Waals surface area contributed by atoms with Gasteiger partial charge in [0.1, 0.15) is 5.69 Å². The van der Waals surface area contributed by atoms with E-state index in [1.807, 2.05) is 36.6 Å². The summed E-state index contributed by atoms with van der Waals surface area (Å²) in [5, 5.41) is -0.685. The topological polar surface area (TPSA) is 72.3 Å². The number of nitrogens with zero attached hydrogens (tertiary/aromatic N) is 3. The third kappa shape index (κ3) is 2.93. The molecule has 3 aromatic rings. The van der Waals surface area contributed by atoms with Gasteiger partial charge in [0, 0.05) is 7.05 Å². The largest absolute Gasteiger partial charge is 0.318 e. The lowest BCUT2D eigenvalue weighted by Gasteiger charge is -2.32. The average molecular weight is 414 g/mol. The number of thioether (sulfide) groups is 1. The minimum absolute atomic E-state index is 0.123. The fraction of sp³-hybridized carbons (Fsp3) is 0.200. The molecule has 1 aliphatic rings. The van der Waals surface area contributed by atoms with E-state index in [0.29, 0.717) is 16.4 Å². The van der Waals surface area contributed by atoms with Crippen LogP contribution in [0.4, 0.5) is 5.82 Å². The molecular formula is C20H19N3O3S2. The molecular weight excluding hydrogens is 394 g/mol. The van der Waals surface area contributed by atoms with Crippen LogP contribution in [0.2, 0.25) is 0 Å². The van der Waals surface area contributed by atoms with E-state index < -0.39 is 21.1 Å². The number of aromatic nitrogens is 2. The maximum atomic E-state index is 13.5. The standard InChI is InChI=1S/C20H19N3O3S2/c1-22-16-17(24)18(15-11-7-4-8-12-15)28(25,26)23(19(16)21-20(22)27-2)13-14-9-5-3-6-10-14/h3-12,18H,13H2,1-2H3. The van der Waals surface area contributed by atoms with Crippen LogP contribution in [-0.2, 0) is 23.6 Å². The lowest BCUT2D eigenvalue weighted by Crippen LogP contribution is -2.43. The second-order valence-electron chi connectivity index (χ2n) is 6.52. The van der Waals surface area contributed by atoms with Crippen molar-refractivity contribution in [2.24, 2.45) is 7.05 Å². The fourth-order valence-corrected chi connectivity index (χ4v) is 5.85. The zero-order chi connectivity index (χ0) is 19.9. The van der Waals surface area contributed by atoms with Crippen LogP contribution >= 0.6 is 11.8 Å². The number of ketones is 1. The Morgan fingerprint density at radius 2 is 1.64 bits per heavy atom. The molecule has 1 aliphatic heterocycles. The quantitative estimate of drug-likeness (QED) is 0.613. The number of imidazole rings is 1. The number of carbonyl (C=O) groups excluding carboxylic acids is 1. The molecule has 2 heterocycles. The highest BCUT2D eigenvalue weighted by molar-refractivity contribution is 7.98. The van der Waals surface area contributed by atoms with E-state index in [-0.39, 0.29) is 12.4 Å². The van der Waals surface area contributed by atoms with Crippen LogP contribution in [0.5, 0.6) is 0 Å². The Hall–Kier alpha value is -2.58. The minimum atomic E-state index is -3.99. The molecule has 1 atom stereocenters. The van der Waals surface area contributed by atoms with Crippen LogP contribution < -0.4 is 4.31 Å². The Bertz CT molecular complexity index is 1130. The van der Waals surface area contributed by atoms with E-state index in [4.69, 9.17) is 0 Å². The van der Waals surface area contributed by atoms with E-state index in [0.717, 1.165) is 5.56 Å². The Morgan fingerprint density at radius 3 is 2.25 bits per heavy atom. The van der Waals surface area contributed by atoms with E-state index in [9.17, 15) is 13.2 Å². The number of rotatable bonds is 4. The van der Waals surface area contributed by atoms with Crippen molar-refractivity contribution in [3.05, 3.63) is 77.5 Å². The zero-order valence-corrected chi connectivity index (χ0v) is 17.1. The molecule has 28 heavy (non-hydrogen) atoms. The number of sulfonamides is 1. The molecule has 0 bridgehead atoms. The molecule has 0 spiro atoms. The van der Waals surface area contributed by atoms with E-state index in [1.165, 1.54) is 16.1 Å². The van der Waals surface area contributed by atoms with E-state index in [2.05, 4.69) is 4.98 Å². The SMILES string of the molecule is CSc1nc2c(n1C)C(=O)C(c1ccccc1)S(=O)(=O)N2Cc1ccccc1. The van der Waals surface area contributed by atoms with Gasteiger partial charge in [0.15, 0.2) is 16.2 Å². The summed E-state index contributed by atoms with van der Waals surface area (Å²) in [4.78, 5) is 17.8. The van der Waals surface area contributed by atoms with Gasteiger partial charge < -0.3 is 4.57 Å². The maximum absolute atomic E-state index is 13.5. The smallest absolute Gasteiger partial charge is 0.251 e. The molecule has 0 saturated carbocycles.